The van der Waals surface area contributed by atoms with Gasteiger partial charge in [-0.2, -0.15) is 0 Å². The second kappa shape index (κ2) is 13.7. The number of fused-ring (bicyclic) bond motifs is 1. The van der Waals surface area contributed by atoms with Crippen LogP contribution in [0.25, 0.3) is 10.9 Å². The van der Waals surface area contributed by atoms with Gasteiger partial charge in [0, 0.05) is 42.5 Å². The molecule has 1 amide bonds. The second-order valence-electron chi connectivity index (χ2n) is 10.2. The largest absolute Gasteiger partial charge is 0.493 e. The molecule has 1 N–H and O–H groups in total. The second-order valence-corrected chi connectivity index (χ2v) is 10.2. The highest BCUT2D eigenvalue weighted by Gasteiger charge is 2.17. The zero-order valence-corrected chi connectivity index (χ0v) is 25.3. The summed E-state index contributed by atoms with van der Waals surface area (Å²) in [6, 6.07) is 8.74. The van der Waals surface area contributed by atoms with Crippen LogP contribution in [0.5, 0.6) is 28.7 Å². The predicted molar refractivity (Wildman–Crippen MR) is 165 cm³/mol. The maximum atomic E-state index is 15.1. The molecule has 0 saturated heterocycles. The number of hydrogen-bond donors (Lipinski definition) is 1. The Morgan fingerprint density at radius 1 is 0.886 bits per heavy atom. The molecular formula is C32H33FN4O7. The molecule has 0 spiro atoms. The van der Waals surface area contributed by atoms with E-state index in [-0.39, 0.29) is 30.3 Å². The SMILES string of the molecule is COc1cc2nccc(Oc3ccc(NC(=O)Oc4cn(CC=C(C)C)c(=O)n(CC=C(C)C)c4=O)cc3F)c2cc1OC. The zero-order valence-electron chi connectivity index (χ0n) is 25.3. The number of amides is 1. The fourth-order valence-corrected chi connectivity index (χ4v) is 4.10. The number of pyridine rings is 1. The number of anilines is 1. The Morgan fingerprint density at radius 3 is 2.23 bits per heavy atom. The van der Waals surface area contributed by atoms with Crippen LogP contribution in [0.2, 0.25) is 0 Å². The first-order valence-corrected chi connectivity index (χ1v) is 13.6. The molecule has 0 aliphatic heterocycles. The molecule has 0 atom stereocenters. The van der Waals surface area contributed by atoms with Crippen molar-refractivity contribution in [1.82, 2.24) is 14.1 Å². The van der Waals surface area contributed by atoms with Crippen molar-refractivity contribution >= 4 is 22.7 Å². The number of methoxy groups -OCH3 is 2. The van der Waals surface area contributed by atoms with Crippen LogP contribution >= 0.6 is 0 Å². The molecule has 11 nitrogen and oxygen atoms in total. The number of benzene rings is 2. The van der Waals surface area contributed by atoms with Crippen LogP contribution in [0.1, 0.15) is 27.7 Å². The van der Waals surface area contributed by atoms with Gasteiger partial charge in [0.2, 0.25) is 5.75 Å². The highest BCUT2D eigenvalue weighted by molar-refractivity contribution is 5.88. The van der Waals surface area contributed by atoms with Gasteiger partial charge in [0.25, 0.3) is 5.56 Å². The molecule has 0 bridgehead atoms. The summed E-state index contributed by atoms with van der Waals surface area (Å²) in [6.07, 6.45) is 5.17. The summed E-state index contributed by atoms with van der Waals surface area (Å²) in [5.74, 6) is 0.0161. The smallest absolute Gasteiger partial charge is 0.417 e. The van der Waals surface area contributed by atoms with E-state index >= 15 is 4.39 Å². The summed E-state index contributed by atoms with van der Waals surface area (Å²) in [7, 11) is 3.01. The number of nitrogens with zero attached hydrogens (tertiary/aromatic N) is 3. The molecule has 44 heavy (non-hydrogen) atoms. The lowest BCUT2D eigenvalue weighted by atomic mass is 10.2. The average molecular weight is 605 g/mol. The molecule has 12 heteroatoms. The first-order chi connectivity index (χ1) is 21.0. The molecule has 0 fully saturated rings. The maximum absolute atomic E-state index is 15.1. The van der Waals surface area contributed by atoms with E-state index in [1.54, 1.807) is 30.4 Å². The van der Waals surface area contributed by atoms with Gasteiger partial charge in [0.1, 0.15) is 5.75 Å². The lowest BCUT2D eigenvalue weighted by Gasteiger charge is -2.14. The molecule has 2 aromatic carbocycles. The lowest BCUT2D eigenvalue weighted by molar-refractivity contribution is 0.213. The number of rotatable bonds is 10. The molecule has 2 aromatic heterocycles. The van der Waals surface area contributed by atoms with Crippen LogP contribution < -0.4 is 35.5 Å². The van der Waals surface area contributed by atoms with Gasteiger partial charge in [-0.1, -0.05) is 23.3 Å². The average Bonchev–Trinajstić information content (AvgIpc) is 2.98. The fourth-order valence-electron chi connectivity index (χ4n) is 4.10. The fraction of sp³-hybridized carbons (Fsp3) is 0.250. The Kier molecular flexibility index (Phi) is 9.84. The van der Waals surface area contributed by atoms with Crippen LogP contribution in [0.3, 0.4) is 0 Å². The van der Waals surface area contributed by atoms with Crippen LogP contribution in [0.15, 0.2) is 81.7 Å². The zero-order chi connectivity index (χ0) is 32.0. The third kappa shape index (κ3) is 7.33. The van der Waals surface area contributed by atoms with E-state index < -0.39 is 23.2 Å². The Balaban J connectivity index is 1.56. The predicted octanol–water partition coefficient (Wildman–Crippen LogP) is 6.05. The van der Waals surface area contributed by atoms with Crippen molar-refractivity contribution in [2.75, 3.05) is 19.5 Å². The van der Waals surface area contributed by atoms with Crippen molar-refractivity contribution in [3.63, 3.8) is 0 Å². The minimum absolute atomic E-state index is 0.00734. The third-order valence-electron chi connectivity index (χ3n) is 6.39. The molecule has 230 valence electrons. The number of carbonyl (C=O) groups is 1. The Bertz CT molecular complexity index is 1880. The minimum atomic E-state index is -1.04. The van der Waals surface area contributed by atoms with Crippen molar-refractivity contribution < 1.29 is 28.1 Å². The number of nitrogens with one attached hydrogen (secondary N) is 1. The van der Waals surface area contributed by atoms with Crippen LogP contribution in [0, 0.1) is 5.82 Å². The molecular weight excluding hydrogens is 571 g/mol. The number of halogens is 1. The Labute approximate surface area is 252 Å². The van der Waals surface area contributed by atoms with Gasteiger partial charge in [-0.15, -0.1) is 0 Å². The summed E-state index contributed by atoms with van der Waals surface area (Å²) in [6.45, 7) is 7.60. The monoisotopic (exact) mass is 604 g/mol. The van der Waals surface area contributed by atoms with Gasteiger partial charge in [0.05, 0.1) is 25.9 Å². The number of ether oxygens (including phenoxy) is 4. The van der Waals surface area contributed by atoms with Crippen LogP contribution in [-0.2, 0) is 13.1 Å². The standard InChI is InChI=1S/C32H33FN4O7/c1-19(2)10-13-36-18-29(30(38)37(32(36)40)14-11-20(3)4)44-31(39)35-21-7-8-26(23(33)15-21)43-25-9-12-34-24-17-28(42-6)27(41-5)16-22(24)25/h7-12,15-18H,13-14H2,1-6H3,(H,35,39). The third-order valence-corrected chi connectivity index (χ3v) is 6.39. The molecule has 0 aliphatic rings. The van der Waals surface area contributed by atoms with Gasteiger partial charge >= 0.3 is 11.8 Å². The van der Waals surface area contributed by atoms with E-state index in [1.807, 2.05) is 27.7 Å². The van der Waals surface area contributed by atoms with Crippen LogP contribution in [-0.4, -0.2) is 34.4 Å². The van der Waals surface area contributed by atoms with E-state index in [2.05, 4.69) is 10.3 Å². The molecule has 4 rings (SSSR count). The first-order valence-electron chi connectivity index (χ1n) is 13.6. The van der Waals surface area contributed by atoms with Crippen molar-refractivity contribution in [2.24, 2.45) is 0 Å². The quantitative estimate of drug-likeness (QED) is 0.217. The van der Waals surface area contributed by atoms with Gasteiger partial charge < -0.3 is 18.9 Å². The van der Waals surface area contributed by atoms with E-state index in [9.17, 15) is 14.4 Å². The Hall–Kier alpha value is -5.39. The number of hydrogen-bond acceptors (Lipinski definition) is 8. The summed E-state index contributed by atoms with van der Waals surface area (Å²) >= 11 is 0. The summed E-state index contributed by atoms with van der Waals surface area (Å²) < 4.78 is 39.2. The normalized spacial score (nSPS) is 10.6. The highest BCUT2D eigenvalue weighted by Crippen LogP contribution is 2.37. The van der Waals surface area contributed by atoms with E-state index in [1.165, 1.54) is 43.3 Å². The van der Waals surface area contributed by atoms with Crippen molar-refractivity contribution in [2.45, 2.75) is 40.8 Å². The molecule has 0 unspecified atom stereocenters. The van der Waals surface area contributed by atoms with Gasteiger partial charge in [-0.3, -0.25) is 24.2 Å². The summed E-state index contributed by atoms with van der Waals surface area (Å²) in [5.41, 5.74) is 1.15. The van der Waals surface area contributed by atoms with Crippen molar-refractivity contribution in [3.05, 3.63) is 98.7 Å². The molecule has 2 heterocycles. The topological polar surface area (TPSA) is 123 Å². The van der Waals surface area contributed by atoms with Gasteiger partial charge in [0.15, 0.2) is 23.1 Å². The minimum Gasteiger partial charge on any atom is -0.493 e. The van der Waals surface area contributed by atoms with Crippen LogP contribution in [0.4, 0.5) is 14.9 Å². The maximum Gasteiger partial charge on any atom is 0.417 e. The molecule has 0 saturated carbocycles. The van der Waals surface area contributed by atoms with E-state index in [0.29, 0.717) is 28.2 Å². The van der Waals surface area contributed by atoms with E-state index in [0.717, 1.165) is 21.8 Å². The lowest BCUT2D eigenvalue weighted by Crippen LogP contribution is -2.40. The first kappa shape index (κ1) is 31.5. The van der Waals surface area contributed by atoms with Crippen molar-refractivity contribution in [1.29, 1.82) is 0 Å². The van der Waals surface area contributed by atoms with Gasteiger partial charge in [-0.05, 0) is 52.0 Å². The number of aromatic nitrogens is 3. The number of allylic oxidation sites excluding steroid dienone is 4. The number of carbonyl (C=O) groups excluding carboxylic acids is 1. The molecule has 0 radical (unpaired) electrons. The highest BCUT2D eigenvalue weighted by atomic mass is 19.1. The molecule has 4 aromatic rings. The summed E-state index contributed by atoms with van der Waals surface area (Å²) in [4.78, 5) is 43.0. The van der Waals surface area contributed by atoms with E-state index in [4.69, 9.17) is 18.9 Å². The Morgan fingerprint density at radius 2 is 1.57 bits per heavy atom. The molecule has 0 aliphatic carbocycles. The van der Waals surface area contributed by atoms with Crippen molar-refractivity contribution in [3.8, 4) is 28.7 Å². The van der Waals surface area contributed by atoms with Gasteiger partial charge in [-0.25, -0.2) is 14.0 Å². The summed E-state index contributed by atoms with van der Waals surface area (Å²) in [5, 5.41) is 2.97.